The molecule has 0 aliphatic rings. The van der Waals surface area contributed by atoms with Crippen molar-refractivity contribution in [1.29, 1.82) is 0 Å². The van der Waals surface area contributed by atoms with E-state index in [1.54, 1.807) is 6.08 Å². The van der Waals surface area contributed by atoms with Gasteiger partial charge >= 0.3 is 7.82 Å². The zero-order valence-electron chi connectivity index (χ0n) is 33.6. The summed E-state index contributed by atoms with van der Waals surface area (Å²) in [5, 5.41) is 13.7. The van der Waals surface area contributed by atoms with Gasteiger partial charge in [-0.25, -0.2) is 4.57 Å². The third kappa shape index (κ3) is 37.4. The first-order chi connectivity index (χ1) is 24.9. The van der Waals surface area contributed by atoms with Crippen LogP contribution in [0.3, 0.4) is 0 Å². The van der Waals surface area contributed by atoms with Crippen molar-refractivity contribution in [2.24, 2.45) is 5.73 Å². The van der Waals surface area contributed by atoms with Crippen molar-refractivity contribution in [3.8, 4) is 0 Å². The topological polar surface area (TPSA) is 131 Å². The van der Waals surface area contributed by atoms with E-state index in [1.165, 1.54) is 161 Å². The summed E-state index contributed by atoms with van der Waals surface area (Å²) in [6.07, 6.45) is 42.5. The average Bonchev–Trinajstić information content (AvgIpc) is 3.12. The number of rotatable bonds is 41. The molecule has 0 aromatic heterocycles. The van der Waals surface area contributed by atoms with Gasteiger partial charge in [-0.15, -0.1) is 0 Å². The third-order valence-corrected chi connectivity index (χ3v) is 10.8. The van der Waals surface area contributed by atoms with Gasteiger partial charge in [0.1, 0.15) is 0 Å². The van der Waals surface area contributed by atoms with Gasteiger partial charge in [0.05, 0.1) is 25.4 Å². The molecule has 3 atom stereocenters. The molecule has 0 fully saturated rings. The van der Waals surface area contributed by atoms with Crippen LogP contribution in [0.25, 0.3) is 0 Å². The monoisotopic (exact) mass is 745 g/mol. The van der Waals surface area contributed by atoms with Gasteiger partial charge in [-0.3, -0.25) is 13.8 Å². The summed E-state index contributed by atoms with van der Waals surface area (Å²) in [7, 11) is -4.33. The molecular formula is C42H85N2O6P. The number of carbonyl (C=O) groups excluding carboxylic acids is 1. The van der Waals surface area contributed by atoms with E-state index in [2.05, 4.69) is 19.2 Å². The molecule has 9 heteroatoms. The molecule has 0 radical (unpaired) electrons. The van der Waals surface area contributed by atoms with Gasteiger partial charge in [-0.05, 0) is 19.3 Å². The molecule has 0 bridgehead atoms. The highest BCUT2D eigenvalue weighted by Crippen LogP contribution is 2.43. The first-order valence-corrected chi connectivity index (χ1v) is 23.3. The molecule has 0 heterocycles. The molecule has 5 N–H and O–H groups in total. The Labute approximate surface area is 315 Å². The van der Waals surface area contributed by atoms with Crippen molar-refractivity contribution >= 4 is 13.7 Å². The minimum atomic E-state index is -4.33. The van der Waals surface area contributed by atoms with Gasteiger partial charge in [0, 0.05) is 13.0 Å². The number of nitrogens with two attached hydrogens (primary N) is 1. The Morgan fingerprint density at radius 2 is 1.00 bits per heavy atom. The summed E-state index contributed by atoms with van der Waals surface area (Å²) in [6.45, 7) is 4.15. The van der Waals surface area contributed by atoms with Crippen LogP contribution in [0.4, 0.5) is 0 Å². The maximum absolute atomic E-state index is 12.7. The predicted molar refractivity (Wildman–Crippen MR) is 217 cm³/mol. The average molecular weight is 745 g/mol. The number of hydrogen-bond acceptors (Lipinski definition) is 6. The van der Waals surface area contributed by atoms with E-state index in [-0.39, 0.29) is 25.7 Å². The lowest BCUT2D eigenvalue weighted by molar-refractivity contribution is -0.123. The Hall–Kier alpha value is -0.760. The predicted octanol–water partition coefficient (Wildman–Crippen LogP) is 12.0. The van der Waals surface area contributed by atoms with Crippen LogP contribution in [0.5, 0.6) is 0 Å². The van der Waals surface area contributed by atoms with Crippen LogP contribution in [0, 0.1) is 0 Å². The first-order valence-electron chi connectivity index (χ1n) is 21.8. The molecule has 0 rings (SSSR count). The summed E-state index contributed by atoms with van der Waals surface area (Å²) in [5.74, 6) is -0.191. The minimum Gasteiger partial charge on any atom is -0.387 e. The number of phosphoric ester groups is 1. The number of phosphoric acid groups is 1. The van der Waals surface area contributed by atoms with Crippen molar-refractivity contribution in [1.82, 2.24) is 5.32 Å². The Bertz CT molecular complexity index is 814. The van der Waals surface area contributed by atoms with Crippen LogP contribution in [-0.2, 0) is 18.4 Å². The van der Waals surface area contributed by atoms with Gasteiger partial charge in [-0.2, -0.15) is 0 Å². The maximum Gasteiger partial charge on any atom is 0.472 e. The molecule has 51 heavy (non-hydrogen) atoms. The first kappa shape index (κ1) is 50.2. The second-order valence-electron chi connectivity index (χ2n) is 14.9. The second kappa shape index (κ2) is 38.9. The van der Waals surface area contributed by atoms with Gasteiger partial charge in [-0.1, -0.05) is 206 Å². The lowest BCUT2D eigenvalue weighted by atomic mass is 10.0. The van der Waals surface area contributed by atoms with Crippen molar-refractivity contribution in [3.63, 3.8) is 0 Å². The van der Waals surface area contributed by atoms with E-state index < -0.39 is 20.0 Å². The van der Waals surface area contributed by atoms with E-state index in [0.29, 0.717) is 6.42 Å². The number of aliphatic hydroxyl groups excluding tert-OH is 1. The van der Waals surface area contributed by atoms with Crippen molar-refractivity contribution in [2.75, 3.05) is 19.8 Å². The van der Waals surface area contributed by atoms with E-state index >= 15 is 0 Å². The lowest BCUT2D eigenvalue weighted by Gasteiger charge is -2.23. The van der Waals surface area contributed by atoms with Gasteiger partial charge in [0.15, 0.2) is 0 Å². The largest absolute Gasteiger partial charge is 0.472 e. The molecule has 1 unspecified atom stereocenters. The van der Waals surface area contributed by atoms with E-state index in [9.17, 15) is 19.4 Å². The number of unbranched alkanes of at least 4 members (excludes halogenated alkanes) is 29. The molecule has 0 aliphatic heterocycles. The fourth-order valence-electron chi connectivity index (χ4n) is 6.54. The maximum atomic E-state index is 12.7. The number of nitrogens with one attached hydrogen (secondary N) is 1. The number of amides is 1. The Kier molecular flexibility index (Phi) is 38.4. The Morgan fingerprint density at radius 3 is 1.39 bits per heavy atom. The van der Waals surface area contributed by atoms with Gasteiger partial charge in [0.2, 0.25) is 5.91 Å². The molecule has 304 valence electrons. The van der Waals surface area contributed by atoms with Crippen LogP contribution < -0.4 is 11.1 Å². The SMILES string of the molecule is CCCCCCCCCCCCCC/C=C/[C@@H](O)[C@H](COP(=O)(O)OCCN)NC(=O)CCCCCCCCCCCCCCCCCCCC. The van der Waals surface area contributed by atoms with Crippen LogP contribution in [-0.4, -0.2) is 47.8 Å². The highest BCUT2D eigenvalue weighted by molar-refractivity contribution is 7.47. The van der Waals surface area contributed by atoms with Gasteiger partial charge < -0.3 is 21.1 Å². The van der Waals surface area contributed by atoms with Gasteiger partial charge in [0.25, 0.3) is 0 Å². The van der Waals surface area contributed by atoms with Crippen molar-refractivity contribution in [2.45, 2.75) is 231 Å². The minimum absolute atomic E-state index is 0.0813. The number of hydrogen-bond donors (Lipinski definition) is 4. The molecule has 0 spiro atoms. The van der Waals surface area contributed by atoms with E-state index in [0.717, 1.165) is 38.5 Å². The number of carbonyl (C=O) groups is 1. The lowest BCUT2D eigenvalue weighted by Crippen LogP contribution is -2.45. The summed E-state index contributed by atoms with van der Waals surface area (Å²) in [5.41, 5.74) is 5.37. The summed E-state index contributed by atoms with van der Waals surface area (Å²) in [6, 6.07) is -0.853. The second-order valence-corrected chi connectivity index (χ2v) is 16.4. The molecule has 0 aliphatic carbocycles. The molecule has 0 aromatic rings. The Morgan fingerprint density at radius 1 is 0.627 bits per heavy atom. The standard InChI is InChI=1S/C42H85N2O6P/c1-3-5-7-9-11-13-15-17-19-20-21-22-24-26-28-30-32-34-36-42(46)44-40(39-50-51(47,48)49-38-37-43)41(45)35-33-31-29-27-25-23-18-16-14-12-10-8-6-4-2/h33,35,40-41,45H,3-32,34,36-39,43H2,1-2H3,(H,44,46)(H,47,48)/b35-33+/t40-,41+/m0/s1. The summed E-state index contributed by atoms with van der Waals surface area (Å²) < 4.78 is 22.1. The third-order valence-electron chi connectivity index (χ3n) is 9.86. The zero-order valence-corrected chi connectivity index (χ0v) is 34.5. The van der Waals surface area contributed by atoms with E-state index in [4.69, 9.17) is 14.8 Å². The fraction of sp³-hybridized carbons (Fsp3) is 0.929. The number of allylic oxidation sites excluding steroid dienone is 1. The number of aliphatic hydroxyl groups is 1. The highest BCUT2D eigenvalue weighted by Gasteiger charge is 2.26. The summed E-state index contributed by atoms with van der Waals surface area (Å²) >= 11 is 0. The molecule has 0 aromatic carbocycles. The molecular weight excluding hydrogens is 659 g/mol. The molecule has 8 nitrogen and oxygen atoms in total. The fourth-order valence-corrected chi connectivity index (χ4v) is 7.30. The quantitative estimate of drug-likeness (QED) is 0.0278. The van der Waals surface area contributed by atoms with Crippen molar-refractivity contribution in [3.05, 3.63) is 12.2 Å². The molecule has 0 saturated carbocycles. The highest BCUT2D eigenvalue weighted by atomic mass is 31.2. The van der Waals surface area contributed by atoms with Crippen LogP contribution in [0.1, 0.15) is 219 Å². The Balaban J connectivity index is 4.17. The summed E-state index contributed by atoms with van der Waals surface area (Å²) in [4.78, 5) is 22.7. The zero-order chi connectivity index (χ0) is 37.5. The van der Waals surface area contributed by atoms with Crippen LogP contribution in [0.15, 0.2) is 12.2 Å². The normalized spacial score (nSPS) is 14.2. The van der Waals surface area contributed by atoms with Crippen molar-refractivity contribution < 1.29 is 28.4 Å². The van der Waals surface area contributed by atoms with Crippen LogP contribution >= 0.6 is 7.82 Å². The van der Waals surface area contributed by atoms with E-state index in [1.807, 2.05) is 6.08 Å². The molecule has 1 amide bonds. The molecule has 0 saturated heterocycles. The smallest absolute Gasteiger partial charge is 0.387 e. The van der Waals surface area contributed by atoms with Crippen LogP contribution in [0.2, 0.25) is 0 Å².